The number of amides is 1. The van der Waals surface area contributed by atoms with Crippen molar-refractivity contribution in [2.75, 3.05) is 12.4 Å². The van der Waals surface area contributed by atoms with Crippen molar-refractivity contribution in [3.05, 3.63) is 47.0 Å². The number of nitrogens with one attached hydrogen (secondary N) is 1. The van der Waals surface area contributed by atoms with Crippen LogP contribution in [0.1, 0.15) is 11.6 Å². The van der Waals surface area contributed by atoms with E-state index in [2.05, 4.69) is 5.32 Å². The van der Waals surface area contributed by atoms with Crippen LogP contribution in [0.15, 0.2) is 46.2 Å². The molecule has 1 aliphatic heterocycles. The van der Waals surface area contributed by atoms with E-state index in [-0.39, 0.29) is 5.91 Å². The molecule has 0 aromatic heterocycles. The fourth-order valence-electron chi connectivity index (χ4n) is 2.19. The highest BCUT2D eigenvalue weighted by Gasteiger charge is 2.28. The lowest BCUT2D eigenvalue weighted by molar-refractivity contribution is -0.116. The van der Waals surface area contributed by atoms with E-state index in [0.717, 1.165) is 21.1 Å². The summed E-state index contributed by atoms with van der Waals surface area (Å²) in [6.45, 7) is 0. The lowest BCUT2D eigenvalue weighted by Crippen LogP contribution is -2.19. The molecule has 1 amide bonds. The molecule has 3 N–H and O–H groups in total. The van der Waals surface area contributed by atoms with Gasteiger partial charge in [0.25, 0.3) is 0 Å². The summed E-state index contributed by atoms with van der Waals surface area (Å²) in [7, 11) is 1.63. The average Bonchev–Trinajstić information content (AvgIpc) is 2.75. The van der Waals surface area contributed by atoms with E-state index in [1.54, 1.807) is 13.2 Å². The van der Waals surface area contributed by atoms with Crippen LogP contribution < -0.4 is 15.8 Å². The molecule has 0 bridgehead atoms. The van der Waals surface area contributed by atoms with E-state index in [1.165, 1.54) is 11.8 Å². The number of hydrogen-bond acceptors (Lipinski definition) is 4. The molecule has 1 atom stereocenters. The zero-order valence-corrected chi connectivity index (χ0v) is 12.8. The van der Waals surface area contributed by atoms with Gasteiger partial charge in [0.15, 0.2) is 0 Å². The summed E-state index contributed by atoms with van der Waals surface area (Å²) in [5.41, 5.74) is 7.26. The monoisotopic (exact) mass is 320 g/mol. The van der Waals surface area contributed by atoms with Crippen LogP contribution in [-0.4, -0.2) is 13.0 Å². The molecule has 1 aliphatic rings. The van der Waals surface area contributed by atoms with E-state index in [1.807, 2.05) is 30.3 Å². The second-order valence-corrected chi connectivity index (χ2v) is 6.08. The van der Waals surface area contributed by atoms with Gasteiger partial charge in [-0.3, -0.25) is 4.79 Å². The van der Waals surface area contributed by atoms with Crippen LogP contribution in [0.2, 0.25) is 5.02 Å². The number of para-hydroxylation sites is 1. The van der Waals surface area contributed by atoms with Crippen LogP contribution in [0.4, 0.5) is 5.69 Å². The first-order valence-electron chi connectivity index (χ1n) is 6.31. The van der Waals surface area contributed by atoms with E-state index in [4.69, 9.17) is 22.1 Å². The number of carbonyl (C=O) groups excluding carboxylic acids is 1. The Balaban J connectivity index is 1.98. The van der Waals surface area contributed by atoms with E-state index in [9.17, 15) is 4.79 Å². The third-order valence-electron chi connectivity index (χ3n) is 3.27. The second kappa shape index (κ2) is 5.60. The van der Waals surface area contributed by atoms with Crippen molar-refractivity contribution in [3.8, 4) is 5.75 Å². The third kappa shape index (κ3) is 2.60. The zero-order valence-electron chi connectivity index (χ0n) is 11.2. The minimum absolute atomic E-state index is 0.208. The number of halogens is 1. The van der Waals surface area contributed by atoms with Crippen molar-refractivity contribution >= 4 is 35.0 Å². The smallest absolute Gasteiger partial charge is 0.245 e. The number of benzene rings is 2. The summed E-state index contributed by atoms with van der Waals surface area (Å²) in [5, 5.41) is 3.33. The average molecular weight is 321 g/mol. The molecule has 0 saturated heterocycles. The highest BCUT2D eigenvalue weighted by atomic mass is 35.5. The van der Waals surface area contributed by atoms with Gasteiger partial charge in [-0.1, -0.05) is 35.5 Å². The normalized spacial score (nSPS) is 16.5. The Morgan fingerprint density at radius 2 is 2.05 bits per heavy atom. The first-order chi connectivity index (χ1) is 10.1. The van der Waals surface area contributed by atoms with E-state index < -0.39 is 6.04 Å². The van der Waals surface area contributed by atoms with Crippen LogP contribution in [0.25, 0.3) is 0 Å². The Morgan fingerprint density at radius 3 is 2.81 bits per heavy atom. The summed E-state index contributed by atoms with van der Waals surface area (Å²) in [6, 6.07) is 10.6. The Labute approximate surface area is 131 Å². The Kier molecular flexibility index (Phi) is 3.80. The Bertz CT molecular complexity index is 721. The van der Waals surface area contributed by atoms with Crippen molar-refractivity contribution in [1.29, 1.82) is 0 Å². The van der Waals surface area contributed by atoms with Crippen LogP contribution >= 0.6 is 23.4 Å². The van der Waals surface area contributed by atoms with Crippen LogP contribution in [-0.2, 0) is 4.79 Å². The molecule has 2 aromatic carbocycles. The number of nitrogens with two attached hydrogens (primary N) is 1. The largest absolute Gasteiger partial charge is 0.496 e. The number of rotatable bonds is 3. The standard InChI is InChI=1S/C15H13ClN2O2S/c1-20-11-4-2-3-5-12(11)21-13-7-10-8(6-9(13)16)14(17)15(19)18-10/h2-7,14H,17H2,1H3,(H,18,19). The molecular weight excluding hydrogens is 308 g/mol. The minimum atomic E-state index is -0.650. The molecule has 21 heavy (non-hydrogen) atoms. The molecule has 1 unspecified atom stereocenters. The highest BCUT2D eigenvalue weighted by Crippen LogP contribution is 2.42. The maximum Gasteiger partial charge on any atom is 0.245 e. The molecule has 108 valence electrons. The first kappa shape index (κ1) is 14.3. The topological polar surface area (TPSA) is 64.3 Å². The summed E-state index contributed by atoms with van der Waals surface area (Å²) in [4.78, 5) is 13.4. The highest BCUT2D eigenvalue weighted by molar-refractivity contribution is 7.99. The second-order valence-electron chi connectivity index (χ2n) is 4.59. The summed E-state index contributed by atoms with van der Waals surface area (Å²) in [5.74, 6) is 0.570. The van der Waals surface area contributed by atoms with Gasteiger partial charge in [0.2, 0.25) is 5.91 Å². The summed E-state index contributed by atoms with van der Waals surface area (Å²) < 4.78 is 5.33. The maximum absolute atomic E-state index is 11.6. The zero-order chi connectivity index (χ0) is 15.0. The molecule has 0 radical (unpaired) electrons. The number of ether oxygens (including phenoxy) is 1. The maximum atomic E-state index is 11.6. The Morgan fingerprint density at radius 1 is 1.29 bits per heavy atom. The molecule has 2 aromatic rings. The molecule has 1 heterocycles. The lowest BCUT2D eigenvalue weighted by atomic mass is 10.1. The summed E-state index contributed by atoms with van der Waals surface area (Å²) >= 11 is 7.79. The van der Waals surface area contributed by atoms with Gasteiger partial charge in [0, 0.05) is 16.1 Å². The van der Waals surface area contributed by atoms with Gasteiger partial charge in [-0.25, -0.2) is 0 Å². The predicted molar refractivity (Wildman–Crippen MR) is 84.1 cm³/mol. The van der Waals surface area contributed by atoms with Crippen LogP contribution in [0.5, 0.6) is 5.75 Å². The van der Waals surface area contributed by atoms with Crippen molar-refractivity contribution in [3.63, 3.8) is 0 Å². The number of carbonyl (C=O) groups is 1. The van der Waals surface area contributed by atoms with Crippen LogP contribution in [0, 0.1) is 0 Å². The lowest BCUT2D eigenvalue weighted by Gasteiger charge is -2.10. The molecule has 0 aliphatic carbocycles. The minimum Gasteiger partial charge on any atom is -0.496 e. The first-order valence-corrected chi connectivity index (χ1v) is 7.50. The van der Waals surface area contributed by atoms with Crippen molar-refractivity contribution < 1.29 is 9.53 Å². The Hall–Kier alpha value is -1.69. The van der Waals surface area contributed by atoms with E-state index >= 15 is 0 Å². The molecular formula is C15H13ClN2O2S. The molecule has 6 heteroatoms. The number of methoxy groups -OCH3 is 1. The van der Waals surface area contributed by atoms with Gasteiger partial charge in [-0.15, -0.1) is 0 Å². The van der Waals surface area contributed by atoms with Gasteiger partial charge in [-0.2, -0.15) is 0 Å². The van der Waals surface area contributed by atoms with Crippen molar-refractivity contribution in [2.45, 2.75) is 15.8 Å². The van der Waals surface area contributed by atoms with Gasteiger partial charge < -0.3 is 15.8 Å². The molecule has 0 spiro atoms. The molecule has 0 fully saturated rings. The fraction of sp³-hybridized carbons (Fsp3) is 0.133. The van der Waals surface area contributed by atoms with Gasteiger partial charge in [-0.05, 0) is 24.3 Å². The van der Waals surface area contributed by atoms with Crippen LogP contribution in [0.3, 0.4) is 0 Å². The fourth-order valence-corrected chi connectivity index (χ4v) is 3.44. The molecule has 3 rings (SSSR count). The van der Waals surface area contributed by atoms with E-state index in [0.29, 0.717) is 10.7 Å². The SMILES string of the molecule is COc1ccccc1Sc1cc2c(cc1Cl)C(N)C(=O)N2. The third-order valence-corrected chi connectivity index (χ3v) is 4.81. The number of fused-ring (bicyclic) bond motifs is 1. The predicted octanol–water partition coefficient (Wildman–Crippen LogP) is 3.45. The quantitative estimate of drug-likeness (QED) is 0.909. The number of hydrogen-bond donors (Lipinski definition) is 2. The molecule has 4 nitrogen and oxygen atoms in total. The van der Waals surface area contributed by atoms with Gasteiger partial charge in [0.1, 0.15) is 11.8 Å². The van der Waals surface area contributed by atoms with Gasteiger partial charge >= 0.3 is 0 Å². The number of anilines is 1. The van der Waals surface area contributed by atoms with Crippen molar-refractivity contribution in [1.82, 2.24) is 0 Å². The molecule has 0 saturated carbocycles. The van der Waals surface area contributed by atoms with Crippen molar-refractivity contribution in [2.24, 2.45) is 5.73 Å². The summed E-state index contributed by atoms with van der Waals surface area (Å²) in [6.07, 6.45) is 0. The van der Waals surface area contributed by atoms with Gasteiger partial charge in [0.05, 0.1) is 17.0 Å².